The van der Waals surface area contributed by atoms with E-state index in [0.717, 1.165) is 8.95 Å². The monoisotopic (exact) mass is 450 g/mol. The summed E-state index contributed by atoms with van der Waals surface area (Å²) >= 11 is 6.67. The molecule has 0 spiro atoms. The second kappa shape index (κ2) is 9.24. The number of carbonyl (C=O) groups excluding carboxylic acids is 2. The van der Waals surface area contributed by atoms with Gasteiger partial charge in [0.1, 0.15) is 5.60 Å². The van der Waals surface area contributed by atoms with Crippen molar-refractivity contribution in [2.75, 3.05) is 13.2 Å². The van der Waals surface area contributed by atoms with Gasteiger partial charge < -0.3 is 10.1 Å². The highest BCUT2D eigenvalue weighted by atomic mass is 79.9. The molecular weight excluding hydrogens is 432 g/mol. The second-order valence-electron chi connectivity index (χ2n) is 5.72. The van der Waals surface area contributed by atoms with Gasteiger partial charge in [-0.3, -0.25) is 9.63 Å². The molecule has 1 aromatic carbocycles. The molecule has 2 amide bonds. The fraction of sp³-hybridized carbons (Fsp3) is 0.467. The van der Waals surface area contributed by atoms with Crippen molar-refractivity contribution in [1.29, 1.82) is 0 Å². The lowest BCUT2D eigenvalue weighted by Crippen LogP contribution is -2.33. The first-order valence-corrected chi connectivity index (χ1v) is 8.61. The lowest BCUT2D eigenvalue weighted by Gasteiger charge is -2.19. The summed E-state index contributed by atoms with van der Waals surface area (Å²) in [4.78, 5) is 28.3. The van der Waals surface area contributed by atoms with Crippen LogP contribution >= 0.6 is 31.9 Å². The van der Waals surface area contributed by atoms with Crippen molar-refractivity contribution in [2.45, 2.75) is 32.8 Å². The molecular formula is C15H20Br2N2O4. The summed E-state index contributed by atoms with van der Waals surface area (Å²) in [5.74, 6) is -0.174. The van der Waals surface area contributed by atoms with Crippen LogP contribution in [0.15, 0.2) is 27.1 Å². The first-order valence-electron chi connectivity index (χ1n) is 7.02. The largest absolute Gasteiger partial charge is 0.442 e. The molecule has 0 aromatic heterocycles. The molecule has 0 aliphatic rings. The molecule has 0 bridgehead atoms. The SMILES string of the molecule is CC(C)(C)OC(=O)NOCCCNC(=O)c1cc(Br)cc(Br)c1. The lowest BCUT2D eigenvalue weighted by molar-refractivity contribution is -0.00815. The summed E-state index contributed by atoms with van der Waals surface area (Å²) in [5, 5.41) is 2.78. The Kier molecular flexibility index (Phi) is 8.01. The maximum Gasteiger partial charge on any atom is 0.431 e. The smallest absolute Gasteiger partial charge is 0.431 e. The number of amides is 2. The minimum Gasteiger partial charge on any atom is -0.442 e. The third-order valence-corrected chi connectivity index (χ3v) is 3.30. The van der Waals surface area contributed by atoms with Gasteiger partial charge in [0, 0.05) is 21.1 Å². The molecule has 128 valence electrons. The van der Waals surface area contributed by atoms with E-state index in [2.05, 4.69) is 42.7 Å². The van der Waals surface area contributed by atoms with Crippen LogP contribution in [-0.2, 0) is 9.57 Å². The van der Waals surface area contributed by atoms with Crippen LogP contribution in [-0.4, -0.2) is 30.8 Å². The molecule has 23 heavy (non-hydrogen) atoms. The Morgan fingerprint density at radius 2 is 1.74 bits per heavy atom. The van der Waals surface area contributed by atoms with E-state index >= 15 is 0 Å². The number of hydroxylamine groups is 1. The van der Waals surface area contributed by atoms with E-state index in [1.165, 1.54) is 0 Å². The Labute approximate surface area is 152 Å². The van der Waals surface area contributed by atoms with Gasteiger partial charge in [-0.25, -0.2) is 4.79 Å². The number of hydrogen-bond donors (Lipinski definition) is 2. The van der Waals surface area contributed by atoms with Crippen LogP contribution in [0.2, 0.25) is 0 Å². The van der Waals surface area contributed by atoms with Gasteiger partial charge in [-0.05, 0) is 45.4 Å². The normalized spacial score (nSPS) is 11.0. The zero-order chi connectivity index (χ0) is 17.5. The predicted octanol–water partition coefficient (Wildman–Crippen LogP) is 3.79. The first kappa shape index (κ1) is 19.9. The molecule has 0 radical (unpaired) electrons. The number of ether oxygens (including phenoxy) is 1. The minimum atomic E-state index is -0.638. The number of nitrogens with one attached hydrogen (secondary N) is 2. The summed E-state index contributed by atoms with van der Waals surface area (Å²) in [5.41, 5.74) is 2.17. The average Bonchev–Trinajstić information content (AvgIpc) is 2.39. The van der Waals surface area contributed by atoms with E-state index in [4.69, 9.17) is 9.57 Å². The zero-order valence-corrected chi connectivity index (χ0v) is 16.4. The Hall–Kier alpha value is -1.12. The van der Waals surface area contributed by atoms with Crippen molar-refractivity contribution in [3.8, 4) is 0 Å². The average molecular weight is 452 g/mol. The van der Waals surface area contributed by atoms with E-state index in [0.29, 0.717) is 18.5 Å². The molecule has 6 nitrogen and oxygen atoms in total. The zero-order valence-electron chi connectivity index (χ0n) is 13.2. The van der Waals surface area contributed by atoms with Crippen molar-refractivity contribution in [2.24, 2.45) is 0 Å². The molecule has 0 heterocycles. The number of rotatable bonds is 6. The van der Waals surface area contributed by atoms with E-state index in [1.807, 2.05) is 6.07 Å². The van der Waals surface area contributed by atoms with Crippen molar-refractivity contribution in [3.63, 3.8) is 0 Å². The third kappa shape index (κ3) is 8.92. The fourth-order valence-corrected chi connectivity index (χ4v) is 2.84. The molecule has 0 aliphatic heterocycles. The molecule has 1 aromatic rings. The molecule has 0 saturated carbocycles. The molecule has 0 unspecified atom stereocenters. The minimum absolute atomic E-state index is 0.174. The van der Waals surface area contributed by atoms with Crippen LogP contribution in [0.4, 0.5) is 4.79 Å². The van der Waals surface area contributed by atoms with Gasteiger partial charge in [0.05, 0.1) is 6.61 Å². The van der Waals surface area contributed by atoms with Crippen LogP contribution in [0, 0.1) is 0 Å². The van der Waals surface area contributed by atoms with Crippen LogP contribution in [0.5, 0.6) is 0 Å². The quantitative estimate of drug-likeness (QED) is 0.509. The Bertz CT molecular complexity index is 539. The summed E-state index contributed by atoms with van der Waals surface area (Å²) in [7, 11) is 0. The number of halogens is 2. The highest BCUT2D eigenvalue weighted by Gasteiger charge is 2.15. The molecule has 0 atom stereocenters. The third-order valence-electron chi connectivity index (χ3n) is 2.39. The summed E-state index contributed by atoms with van der Waals surface area (Å²) < 4.78 is 6.65. The van der Waals surface area contributed by atoms with E-state index in [1.54, 1.807) is 32.9 Å². The maximum absolute atomic E-state index is 12.0. The van der Waals surface area contributed by atoms with E-state index in [-0.39, 0.29) is 12.5 Å². The number of carbonyl (C=O) groups is 2. The van der Waals surface area contributed by atoms with Gasteiger partial charge in [-0.15, -0.1) is 0 Å². The molecule has 0 fully saturated rings. The number of benzene rings is 1. The second-order valence-corrected chi connectivity index (χ2v) is 7.55. The van der Waals surface area contributed by atoms with Crippen molar-refractivity contribution < 1.29 is 19.2 Å². The van der Waals surface area contributed by atoms with Crippen molar-refractivity contribution in [1.82, 2.24) is 10.8 Å². The van der Waals surface area contributed by atoms with Gasteiger partial charge in [-0.2, -0.15) is 5.48 Å². The lowest BCUT2D eigenvalue weighted by atomic mass is 10.2. The van der Waals surface area contributed by atoms with Crippen LogP contribution in [0.25, 0.3) is 0 Å². The van der Waals surface area contributed by atoms with Gasteiger partial charge in [0.25, 0.3) is 5.91 Å². The van der Waals surface area contributed by atoms with Crippen LogP contribution in [0.3, 0.4) is 0 Å². The fourth-order valence-electron chi connectivity index (χ4n) is 1.54. The van der Waals surface area contributed by atoms with Crippen LogP contribution in [0.1, 0.15) is 37.6 Å². The summed E-state index contributed by atoms with van der Waals surface area (Å²) in [6.07, 6.45) is -0.0861. The predicted molar refractivity (Wildman–Crippen MR) is 94.1 cm³/mol. The standard InChI is InChI=1S/C15H20Br2N2O4/c1-15(2,3)23-14(21)19-22-6-4-5-18-13(20)10-7-11(16)9-12(17)8-10/h7-9H,4-6H2,1-3H3,(H,18,20)(H,19,21). The Balaban J connectivity index is 2.20. The van der Waals surface area contributed by atoms with Gasteiger partial charge in [0.2, 0.25) is 0 Å². The molecule has 0 saturated heterocycles. The molecule has 0 aliphatic carbocycles. The van der Waals surface area contributed by atoms with E-state index < -0.39 is 11.7 Å². The van der Waals surface area contributed by atoms with Gasteiger partial charge in [0.15, 0.2) is 0 Å². The van der Waals surface area contributed by atoms with Gasteiger partial charge >= 0.3 is 6.09 Å². The molecule has 8 heteroatoms. The molecule has 1 rings (SSSR count). The summed E-state index contributed by atoms with van der Waals surface area (Å²) in [6, 6.07) is 5.33. The Morgan fingerprint density at radius 3 is 2.30 bits per heavy atom. The Morgan fingerprint density at radius 1 is 1.13 bits per heavy atom. The number of hydrogen-bond acceptors (Lipinski definition) is 4. The molecule has 2 N–H and O–H groups in total. The van der Waals surface area contributed by atoms with Crippen LogP contribution < -0.4 is 10.8 Å². The highest BCUT2D eigenvalue weighted by molar-refractivity contribution is 9.11. The topological polar surface area (TPSA) is 76.7 Å². The van der Waals surface area contributed by atoms with E-state index in [9.17, 15) is 9.59 Å². The highest BCUT2D eigenvalue weighted by Crippen LogP contribution is 2.19. The first-order chi connectivity index (χ1) is 10.7. The van der Waals surface area contributed by atoms with Gasteiger partial charge in [-0.1, -0.05) is 31.9 Å². The van der Waals surface area contributed by atoms with Crippen molar-refractivity contribution in [3.05, 3.63) is 32.7 Å². The summed E-state index contributed by atoms with van der Waals surface area (Å²) in [6.45, 7) is 5.99. The maximum atomic E-state index is 12.0. The van der Waals surface area contributed by atoms with Crippen molar-refractivity contribution >= 4 is 43.9 Å².